The van der Waals surface area contributed by atoms with Crippen LogP contribution in [-0.2, 0) is 0 Å². The molecule has 142 valence electrons. The number of methoxy groups -OCH3 is 1. The predicted octanol–water partition coefficient (Wildman–Crippen LogP) is 4.32. The summed E-state index contributed by atoms with van der Waals surface area (Å²) >= 11 is 1.57. The topological polar surface area (TPSA) is 78.6 Å². The Kier molecular flexibility index (Phi) is 4.25. The van der Waals surface area contributed by atoms with E-state index in [1.807, 2.05) is 24.3 Å². The highest BCUT2D eigenvalue weighted by Crippen LogP contribution is 2.35. The van der Waals surface area contributed by atoms with E-state index in [0.717, 1.165) is 32.7 Å². The molecule has 0 aliphatic carbocycles. The minimum atomic E-state index is 0.503. The first kappa shape index (κ1) is 17.4. The Morgan fingerprint density at radius 2 is 1.86 bits per heavy atom. The van der Waals surface area contributed by atoms with Gasteiger partial charge in [-0.3, -0.25) is 0 Å². The first-order valence-electron chi connectivity index (χ1n) is 8.97. The van der Waals surface area contributed by atoms with E-state index in [9.17, 15) is 0 Å². The Balaban J connectivity index is 1.63. The number of benzene rings is 2. The van der Waals surface area contributed by atoms with Gasteiger partial charge in [0.15, 0.2) is 5.82 Å². The zero-order valence-electron chi connectivity index (χ0n) is 15.8. The van der Waals surface area contributed by atoms with Gasteiger partial charge in [0, 0.05) is 16.5 Å². The summed E-state index contributed by atoms with van der Waals surface area (Å²) in [7, 11) is 1.63. The van der Waals surface area contributed by atoms with Crippen LogP contribution in [0.2, 0.25) is 0 Å². The first-order chi connectivity index (χ1) is 14.2. The van der Waals surface area contributed by atoms with E-state index in [4.69, 9.17) is 4.74 Å². The zero-order valence-corrected chi connectivity index (χ0v) is 16.6. The molecular formula is C21H16N6OS. The first-order valence-corrected chi connectivity index (χ1v) is 9.85. The molecule has 0 aliphatic rings. The van der Waals surface area contributed by atoms with Gasteiger partial charge in [-0.15, -0.1) is 26.3 Å². The zero-order chi connectivity index (χ0) is 19.8. The fourth-order valence-corrected chi connectivity index (χ4v) is 4.05. The summed E-state index contributed by atoms with van der Waals surface area (Å²) in [5.74, 6) is 1.85. The normalized spacial score (nSPS) is 11.1. The molecule has 29 heavy (non-hydrogen) atoms. The Labute approximate surface area is 170 Å². The van der Waals surface area contributed by atoms with Crippen LogP contribution in [0.15, 0.2) is 60.2 Å². The van der Waals surface area contributed by atoms with Gasteiger partial charge in [0.05, 0.1) is 12.5 Å². The van der Waals surface area contributed by atoms with Gasteiger partial charge in [-0.1, -0.05) is 42.0 Å². The van der Waals surface area contributed by atoms with Gasteiger partial charge in [-0.2, -0.15) is 0 Å². The van der Waals surface area contributed by atoms with Crippen molar-refractivity contribution in [2.75, 3.05) is 7.11 Å². The van der Waals surface area contributed by atoms with E-state index in [0.29, 0.717) is 11.6 Å². The van der Waals surface area contributed by atoms with Crippen molar-refractivity contribution in [3.63, 3.8) is 0 Å². The molecule has 0 spiro atoms. The van der Waals surface area contributed by atoms with Crippen LogP contribution in [0.3, 0.4) is 0 Å². The van der Waals surface area contributed by atoms with E-state index in [1.165, 1.54) is 16.7 Å². The second-order valence-corrected chi connectivity index (χ2v) is 7.39. The van der Waals surface area contributed by atoms with Crippen LogP contribution < -0.4 is 4.74 Å². The van der Waals surface area contributed by atoms with Crippen molar-refractivity contribution in [1.29, 1.82) is 0 Å². The van der Waals surface area contributed by atoms with Crippen LogP contribution in [0.5, 0.6) is 5.75 Å². The van der Waals surface area contributed by atoms with Gasteiger partial charge >= 0.3 is 0 Å². The van der Waals surface area contributed by atoms with Crippen molar-refractivity contribution in [1.82, 2.24) is 30.2 Å². The fourth-order valence-electron chi connectivity index (χ4n) is 3.14. The number of tetrazole rings is 1. The highest BCUT2D eigenvalue weighted by Gasteiger charge is 2.17. The summed E-state index contributed by atoms with van der Waals surface area (Å²) in [5, 5.41) is 16.0. The summed E-state index contributed by atoms with van der Waals surface area (Å²) in [6, 6.07) is 16.0. The van der Waals surface area contributed by atoms with E-state index in [1.54, 1.807) is 18.4 Å². The van der Waals surface area contributed by atoms with Crippen molar-refractivity contribution < 1.29 is 4.74 Å². The van der Waals surface area contributed by atoms with Crippen LogP contribution in [0.4, 0.5) is 0 Å². The number of ether oxygens (including phenoxy) is 1. The standard InChI is InChI=1S/C21H16N6OS/c1-13-6-8-14(9-7-13)17-11-29-21-18(17)20(22-12-23-21)27-25-19(24-26-27)15-4-3-5-16(10-15)28-2/h3-12H,1-2H3. The van der Waals surface area contributed by atoms with Crippen LogP contribution in [0, 0.1) is 6.92 Å². The molecule has 2 aromatic carbocycles. The van der Waals surface area contributed by atoms with Crippen molar-refractivity contribution in [2.24, 2.45) is 0 Å². The van der Waals surface area contributed by atoms with Crippen LogP contribution in [-0.4, -0.2) is 37.3 Å². The predicted molar refractivity (Wildman–Crippen MR) is 112 cm³/mol. The Bertz CT molecular complexity index is 1310. The highest BCUT2D eigenvalue weighted by molar-refractivity contribution is 7.17. The third-order valence-electron chi connectivity index (χ3n) is 4.64. The Hall–Kier alpha value is -3.65. The van der Waals surface area contributed by atoms with Crippen LogP contribution in [0.1, 0.15) is 5.56 Å². The molecule has 3 aromatic heterocycles. The molecule has 0 aliphatic heterocycles. The minimum Gasteiger partial charge on any atom is -0.497 e. The molecule has 0 radical (unpaired) electrons. The average molecular weight is 400 g/mol. The molecular weight excluding hydrogens is 384 g/mol. The number of fused-ring (bicyclic) bond motifs is 1. The Morgan fingerprint density at radius 1 is 1.00 bits per heavy atom. The molecule has 0 saturated carbocycles. The summed E-state index contributed by atoms with van der Waals surface area (Å²) in [5.41, 5.74) is 4.20. The van der Waals surface area contributed by atoms with Gasteiger partial charge in [0.2, 0.25) is 5.82 Å². The highest BCUT2D eigenvalue weighted by atomic mass is 32.1. The largest absolute Gasteiger partial charge is 0.497 e. The molecule has 5 rings (SSSR count). The quantitative estimate of drug-likeness (QED) is 0.447. The van der Waals surface area contributed by atoms with Gasteiger partial charge in [0.25, 0.3) is 0 Å². The number of hydrogen-bond donors (Lipinski definition) is 0. The number of aromatic nitrogens is 6. The Morgan fingerprint density at radius 3 is 2.69 bits per heavy atom. The number of hydrogen-bond acceptors (Lipinski definition) is 7. The average Bonchev–Trinajstić information content (AvgIpc) is 3.42. The van der Waals surface area contributed by atoms with Gasteiger partial charge < -0.3 is 4.74 Å². The molecule has 5 aromatic rings. The van der Waals surface area contributed by atoms with E-state index in [-0.39, 0.29) is 0 Å². The molecule has 0 N–H and O–H groups in total. The molecule has 0 saturated heterocycles. The summed E-state index contributed by atoms with van der Waals surface area (Å²) in [6.07, 6.45) is 1.53. The lowest BCUT2D eigenvalue weighted by Gasteiger charge is -2.04. The molecule has 8 heteroatoms. The molecule has 0 fully saturated rings. The van der Waals surface area contributed by atoms with E-state index in [2.05, 4.69) is 61.9 Å². The molecule has 0 atom stereocenters. The number of nitrogens with zero attached hydrogens (tertiary/aromatic N) is 6. The van der Waals surface area contributed by atoms with Crippen molar-refractivity contribution in [3.8, 4) is 34.1 Å². The lowest BCUT2D eigenvalue weighted by molar-refractivity contribution is 0.415. The molecule has 0 amide bonds. The second kappa shape index (κ2) is 7.06. The molecule has 0 unspecified atom stereocenters. The lowest BCUT2D eigenvalue weighted by Crippen LogP contribution is -2.03. The molecule has 7 nitrogen and oxygen atoms in total. The summed E-state index contributed by atoms with van der Waals surface area (Å²) in [4.78, 5) is 11.2. The van der Waals surface area contributed by atoms with Crippen molar-refractivity contribution in [3.05, 3.63) is 65.8 Å². The smallest absolute Gasteiger partial charge is 0.205 e. The summed E-state index contributed by atoms with van der Waals surface area (Å²) in [6.45, 7) is 2.07. The van der Waals surface area contributed by atoms with Crippen molar-refractivity contribution in [2.45, 2.75) is 6.92 Å². The van der Waals surface area contributed by atoms with Gasteiger partial charge in [-0.25, -0.2) is 9.97 Å². The lowest BCUT2D eigenvalue weighted by atomic mass is 10.0. The van der Waals surface area contributed by atoms with Crippen molar-refractivity contribution >= 4 is 21.6 Å². The summed E-state index contributed by atoms with van der Waals surface area (Å²) < 4.78 is 5.29. The number of thiophene rings is 1. The molecule has 0 bridgehead atoms. The van der Waals surface area contributed by atoms with Crippen LogP contribution in [0.25, 0.3) is 38.5 Å². The van der Waals surface area contributed by atoms with Gasteiger partial charge in [-0.05, 0) is 29.8 Å². The third-order valence-corrected chi connectivity index (χ3v) is 5.53. The van der Waals surface area contributed by atoms with Gasteiger partial charge in [0.1, 0.15) is 16.9 Å². The number of rotatable bonds is 4. The monoisotopic (exact) mass is 400 g/mol. The maximum absolute atomic E-state index is 5.29. The maximum atomic E-state index is 5.29. The minimum absolute atomic E-state index is 0.503. The third kappa shape index (κ3) is 3.13. The number of aryl methyl sites for hydroxylation is 1. The van der Waals surface area contributed by atoms with E-state index >= 15 is 0 Å². The molecule has 3 heterocycles. The SMILES string of the molecule is COc1cccc(-c2nnn(-c3ncnc4scc(-c5ccc(C)cc5)c34)n2)c1. The maximum Gasteiger partial charge on any atom is 0.205 e. The van der Waals surface area contributed by atoms with Crippen LogP contribution >= 0.6 is 11.3 Å². The fraction of sp³-hybridized carbons (Fsp3) is 0.0952. The second-order valence-electron chi connectivity index (χ2n) is 6.53. The van der Waals surface area contributed by atoms with E-state index < -0.39 is 0 Å².